The van der Waals surface area contributed by atoms with Crippen molar-refractivity contribution in [2.45, 2.75) is 25.5 Å². The molecular formula is C30H28F2N2O5. The standard InChI is InChI=1S/C30H28F2N2O5/c31-25-15-24(30-23(27(25)32)10-13-38-30)19-4-6-22(7-5-19)39-17-18-2-1-3-21(14-18)29(37)28(34-16-26(35)36)20-8-11-33-12-9-20/h1-7,10,13-15,20,28,33-34H,8-9,11-12,16-17H2,(H,35,36). The number of ether oxygens (including phenoxy) is 1. The zero-order valence-corrected chi connectivity index (χ0v) is 21.1. The van der Waals surface area contributed by atoms with Crippen molar-refractivity contribution in [2.75, 3.05) is 19.6 Å². The highest BCUT2D eigenvalue weighted by molar-refractivity contribution is 6.00. The second-order valence-electron chi connectivity index (χ2n) is 9.60. The van der Waals surface area contributed by atoms with Crippen molar-refractivity contribution in [1.29, 1.82) is 0 Å². The Morgan fingerprint density at radius 3 is 2.59 bits per heavy atom. The van der Waals surface area contributed by atoms with E-state index in [-0.39, 0.29) is 35.8 Å². The predicted molar refractivity (Wildman–Crippen MR) is 142 cm³/mol. The number of piperidine rings is 1. The zero-order chi connectivity index (χ0) is 27.4. The average Bonchev–Trinajstić information content (AvgIpc) is 3.45. The van der Waals surface area contributed by atoms with Crippen molar-refractivity contribution >= 4 is 22.7 Å². The molecule has 5 rings (SSSR count). The molecule has 3 aromatic carbocycles. The van der Waals surface area contributed by atoms with Crippen LogP contribution in [-0.2, 0) is 11.4 Å². The number of carboxylic acid groups (broad SMARTS) is 1. The van der Waals surface area contributed by atoms with Crippen molar-refractivity contribution < 1.29 is 32.6 Å². The predicted octanol–water partition coefficient (Wildman–Crippen LogP) is 5.18. The first-order chi connectivity index (χ1) is 18.9. The number of ketones is 1. The van der Waals surface area contributed by atoms with Crippen LogP contribution in [0.5, 0.6) is 5.75 Å². The zero-order valence-electron chi connectivity index (χ0n) is 21.1. The smallest absolute Gasteiger partial charge is 0.317 e. The molecule has 1 unspecified atom stereocenters. The summed E-state index contributed by atoms with van der Waals surface area (Å²) in [5.41, 5.74) is 2.63. The van der Waals surface area contributed by atoms with Gasteiger partial charge in [-0.3, -0.25) is 14.9 Å². The number of aliphatic carboxylic acids is 1. The summed E-state index contributed by atoms with van der Waals surface area (Å²) in [6.45, 7) is 1.50. The van der Waals surface area contributed by atoms with Crippen LogP contribution in [0.2, 0.25) is 0 Å². The first-order valence-electron chi connectivity index (χ1n) is 12.8. The van der Waals surface area contributed by atoms with Gasteiger partial charge in [0.1, 0.15) is 17.9 Å². The van der Waals surface area contributed by atoms with Gasteiger partial charge in [0, 0.05) is 11.1 Å². The van der Waals surface area contributed by atoms with E-state index in [1.807, 2.05) is 6.07 Å². The first kappa shape index (κ1) is 26.5. The second kappa shape index (κ2) is 11.8. The van der Waals surface area contributed by atoms with Gasteiger partial charge in [0.05, 0.1) is 24.2 Å². The van der Waals surface area contributed by atoms with Crippen molar-refractivity contribution in [2.24, 2.45) is 5.92 Å². The number of Topliss-reactive ketones (excluding diaryl/α,β-unsaturated/α-hetero) is 1. The summed E-state index contributed by atoms with van der Waals surface area (Å²) < 4.78 is 39.4. The minimum absolute atomic E-state index is 0.0496. The van der Waals surface area contributed by atoms with Crippen LogP contribution in [0.25, 0.3) is 22.1 Å². The summed E-state index contributed by atoms with van der Waals surface area (Å²) in [7, 11) is 0. The minimum Gasteiger partial charge on any atom is -0.489 e. The Bertz CT molecular complexity index is 1480. The van der Waals surface area contributed by atoms with E-state index in [1.54, 1.807) is 42.5 Å². The van der Waals surface area contributed by atoms with Crippen molar-refractivity contribution in [3.8, 4) is 16.9 Å². The first-order valence-corrected chi connectivity index (χ1v) is 12.8. The number of carboxylic acids is 1. The van der Waals surface area contributed by atoms with Gasteiger partial charge in [-0.1, -0.05) is 30.3 Å². The maximum absolute atomic E-state index is 14.1. The molecule has 0 saturated carbocycles. The third-order valence-electron chi connectivity index (χ3n) is 7.02. The van der Waals surface area contributed by atoms with Crippen LogP contribution in [0.1, 0.15) is 28.8 Å². The summed E-state index contributed by atoms with van der Waals surface area (Å²) >= 11 is 0. The fourth-order valence-corrected chi connectivity index (χ4v) is 5.03. The monoisotopic (exact) mass is 534 g/mol. The molecule has 1 aliphatic rings. The van der Waals surface area contributed by atoms with E-state index < -0.39 is 23.6 Å². The number of carbonyl (C=O) groups excluding carboxylic acids is 1. The lowest BCUT2D eigenvalue weighted by Gasteiger charge is -2.30. The molecule has 9 heteroatoms. The van der Waals surface area contributed by atoms with Gasteiger partial charge >= 0.3 is 5.97 Å². The maximum Gasteiger partial charge on any atom is 0.317 e. The number of fused-ring (bicyclic) bond motifs is 1. The van der Waals surface area contributed by atoms with E-state index in [4.69, 9.17) is 14.3 Å². The van der Waals surface area contributed by atoms with Crippen LogP contribution < -0.4 is 15.4 Å². The lowest BCUT2D eigenvalue weighted by molar-refractivity contribution is -0.136. The third-order valence-corrected chi connectivity index (χ3v) is 7.02. The van der Waals surface area contributed by atoms with E-state index in [0.717, 1.165) is 37.6 Å². The SMILES string of the molecule is O=C(O)CNC(C(=O)c1cccc(COc2ccc(-c3cc(F)c(F)c4ccoc34)cc2)c1)C1CCNCC1. The molecule has 1 aromatic heterocycles. The molecule has 1 aliphatic heterocycles. The van der Waals surface area contributed by atoms with E-state index in [2.05, 4.69) is 10.6 Å². The topological polar surface area (TPSA) is 101 Å². The fraction of sp³-hybridized carbons (Fsp3) is 0.267. The molecule has 39 heavy (non-hydrogen) atoms. The Balaban J connectivity index is 1.28. The number of hydrogen-bond acceptors (Lipinski definition) is 6. The summed E-state index contributed by atoms with van der Waals surface area (Å²) in [6, 6.07) is 16.0. The largest absolute Gasteiger partial charge is 0.489 e. The van der Waals surface area contributed by atoms with Gasteiger partial charge in [0.2, 0.25) is 0 Å². The Morgan fingerprint density at radius 1 is 1.08 bits per heavy atom. The van der Waals surface area contributed by atoms with Crippen molar-refractivity contribution in [3.05, 3.63) is 89.7 Å². The summed E-state index contributed by atoms with van der Waals surface area (Å²) in [5.74, 6) is -2.42. The highest BCUT2D eigenvalue weighted by Gasteiger charge is 2.30. The van der Waals surface area contributed by atoms with Gasteiger partial charge in [-0.2, -0.15) is 0 Å². The van der Waals surface area contributed by atoms with E-state index in [1.165, 1.54) is 12.3 Å². The number of benzene rings is 3. The van der Waals surface area contributed by atoms with Crippen LogP contribution in [0.4, 0.5) is 8.78 Å². The highest BCUT2D eigenvalue weighted by Crippen LogP contribution is 2.33. The van der Waals surface area contributed by atoms with Gasteiger partial charge < -0.3 is 19.6 Å². The van der Waals surface area contributed by atoms with Crippen molar-refractivity contribution in [1.82, 2.24) is 10.6 Å². The number of halogens is 2. The Kier molecular flexibility index (Phi) is 7.99. The quantitative estimate of drug-likeness (QED) is 0.241. The number of hydrogen-bond donors (Lipinski definition) is 3. The molecular weight excluding hydrogens is 506 g/mol. The summed E-state index contributed by atoms with van der Waals surface area (Å²) in [5, 5.41) is 15.4. The molecule has 1 atom stereocenters. The van der Waals surface area contributed by atoms with Crippen LogP contribution in [0.3, 0.4) is 0 Å². The van der Waals surface area contributed by atoms with Crippen LogP contribution >= 0.6 is 0 Å². The van der Waals surface area contributed by atoms with Gasteiger partial charge in [-0.25, -0.2) is 8.78 Å². The number of furan rings is 1. The fourth-order valence-electron chi connectivity index (χ4n) is 5.03. The summed E-state index contributed by atoms with van der Waals surface area (Å²) in [4.78, 5) is 24.6. The van der Waals surface area contributed by atoms with Crippen LogP contribution in [0, 0.1) is 17.6 Å². The normalized spacial score (nSPS) is 14.8. The maximum atomic E-state index is 14.1. The van der Waals surface area contributed by atoms with E-state index in [0.29, 0.717) is 22.4 Å². The summed E-state index contributed by atoms with van der Waals surface area (Å²) in [6.07, 6.45) is 2.90. The second-order valence-corrected chi connectivity index (χ2v) is 9.60. The molecule has 4 aromatic rings. The number of nitrogens with one attached hydrogen (secondary N) is 2. The Labute approximate surface area is 223 Å². The van der Waals surface area contributed by atoms with Crippen LogP contribution in [0.15, 0.2) is 71.3 Å². The van der Waals surface area contributed by atoms with E-state index in [9.17, 15) is 18.4 Å². The molecule has 1 fully saturated rings. The highest BCUT2D eigenvalue weighted by atomic mass is 19.2. The molecule has 0 amide bonds. The third kappa shape index (κ3) is 6.00. The van der Waals surface area contributed by atoms with Crippen molar-refractivity contribution in [3.63, 3.8) is 0 Å². The van der Waals surface area contributed by atoms with Gasteiger partial charge in [-0.15, -0.1) is 0 Å². The lowest BCUT2D eigenvalue weighted by atomic mass is 9.85. The van der Waals surface area contributed by atoms with Gasteiger partial charge in [0.15, 0.2) is 17.4 Å². The minimum atomic E-state index is -1.01. The average molecular weight is 535 g/mol. The molecule has 2 heterocycles. The lowest BCUT2D eigenvalue weighted by Crippen LogP contribution is -2.48. The molecule has 0 bridgehead atoms. The number of rotatable bonds is 10. The molecule has 3 N–H and O–H groups in total. The molecule has 7 nitrogen and oxygen atoms in total. The molecule has 0 radical (unpaired) electrons. The van der Waals surface area contributed by atoms with E-state index >= 15 is 0 Å². The van der Waals surface area contributed by atoms with Gasteiger partial charge in [-0.05, 0) is 73.3 Å². The van der Waals surface area contributed by atoms with Gasteiger partial charge in [0.25, 0.3) is 0 Å². The molecule has 202 valence electrons. The molecule has 0 aliphatic carbocycles. The molecule has 0 spiro atoms. The Hall–Kier alpha value is -4.08. The Morgan fingerprint density at radius 2 is 1.85 bits per heavy atom. The van der Waals surface area contributed by atoms with Crippen LogP contribution in [-0.4, -0.2) is 42.5 Å². The molecule has 1 saturated heterocycles. The number of carbonyl (C=O) groups is 2.